The second kappa shape index (κ2) is 9.22. The van der Waals surface area contributed by atoms with Crippen LogP contribution >= 0.6 is 0 Å². The summed E-state index contributed by atoms with van der Waals surface area (Å²) in [5, 5.41) is 5.54. The molecule has 2 N–H and O–H groups in total. The molecular weight excluding hydrogens is 413 g/mol. The van der Waals surface area contributed by atoms with Gasteiger partial charge in [0.25, 0.3) is 5.91 Å². The summed E-state index contributed by atoms with van der Waals surface area (Å²) in [6, 6.07) is 11.9. The Morgan fingerprint density at radius 1 is 1.10 bits per heavy atom. The zero-order valence-electron chi connectivity index (χ0n) is 16.5. The van der Waals surface area contributed by atoms with E-state index in [9.17, 15) is 22.8 Å². The third-order valence-electron chi connectivity index (χ3n) is 4.90. The molecule has 9 heteroatoms. The molecular formula is C22H21F3N2O4. The number of amides is 2. The fraction of sp³-hybridized carbons (Fsp3) is 0.273. The van der Waals surface area contributed by atoms with Gasteiger partial charge in [-0.25, -0.2) is 0 Å². The van der Waals surface area contributed by atoms with Crippen molar-refractivity contribution in [1.82, 2.24) is 5.32 Å². The van der Waals surface area contributed by atoms with Crippen molar-refractivity contribution in [3.63, 3.8) is 0 Å². The lowest BCUT2D eigenvalue weighted by Crippen LogP contribution is -2.49. The minimum absolute atomic E-state index is 0.287. The van der Waals surface area contributed by atoms with Crippen LogP contribution in [0.1, 0.15) is 28.8 Å². The van der Waals surface area contributed by atoms with Gasteiger partial charge in [0.15, 0.2) is 0 Å². The van der Waals surface area contributed by atoms with Gasteiger partial charge in [0, 0.05) is 24.5 Å². The lowest BCUT2D eigenvalue weighted by atomic mass is 9.82. The Kier molecular flexibility index (Phi) is 6.65. The van der Waals surface area contributed by atoms with Gasteiger partial charge in [-0.3, -0.25) is 9.59 Å². The average molecular weight is 434 g/mol. The summed E-state index contributed by atoms with van der Waals surface area (Å²) in [6.45, 7) is 4.05. The molecule has 1 aliphatic heterocycles. The van der Waals surface area contributed by atoms with E-state index in [1.165, 1.54) is 24.3 Å². The van der Waals surface area contributed by atoms with Crippen molar-refractivity contribution < 1.29 is 32.2 Å². The molecule has 0 spiro atoms. The van der Waals surface area contributed by atoms with Crippen LogP contribution < -0.4 is 15.4 Å². The van der Waals surface area contributed by atoms with Gasteiger partial charge in [0.1, 0.15) is 5.75 Å². The first-order valence-corrected chi connectivity index (χ1v) is 9.51. The number of rotatable bonds is 6. The molecule has 0 aromatic heterocycles. The number of carbonyl (C=O) groups is 2. The zero-order valence-corrected chi connectivity index (χ0v) is 16.5. The molecule has 31 heavy (non-hydrogen) atoms. The minimum atomic E-state index is -4.82. The number of hydrogen-bond donors (Lipinski definition) is 2. The fourth-order valence-corrected chi connectivity index (χ4v) is 3.42. The number of carbonyl (C=O) groups excluding carboxylic acids is 2. The maximum atomic E-state index is 13.0. The molecule has 0 atom stereocenters. The Hall–Kier alpha value is -3.33. The summed E-state index contributed by atoms with van der Waals surface area (Å²) in [5.74, 6) is -1.21. The van der Waals surface area contributed by atoms with Gasteiger partial charge in [-0.15, -0.1) is 13.2 Å². The number of alkyl halides is 3. The monoisotopic (exact) mass is 434 g/mol. The minimum Gasteiger partial charge on any atom is -0.406 e. The van der Waals surface area contributed by atoms with Crippen LogP contribution in [0.5, 0.6) is 5.75 Å². The number of benzene rings is 2. The maximum Gasteiger partial charge on any atom is 0.573 e. The largest absolute Gasteiger partial charge is 0.573 e. The highest BCUT2D eigenvalue weighted by atomic mass is 19.4. The lowest BCUT2D eigenvalue weighted by molar-refractivity contribution is -0.274. The highest BCUT2D eigenvalue weighted by molar-refractivity contribution is 6.01. The molecule has 164 valence electrons. The molecule has 1 fully saturated rings. The highest BCUT2D eigenvalue weighted by Gasteiger charge is 2.37. The molecule has 0 saturated carbocycles. The van der Waals surface area contributed by atoms with Crippen LogP contribution in [0.25, 0.3) is 0 Å². The van der Waals surface area contributed by atoms with Crippen LogP contribution in [0.4, 0.5) is 18.9 Å². The Bertz CT molecular complexity index is 969. The van der Waals surface area contributed by atoms with Crippen LogP contribution in [-0.4, -0.2) is 31.4 Å². The highest BCUT2D eigenvalue weighted by Crippen LogP contribution is 2.35. The van der Waals surface area contributed by atoms with Gasteiger partial charge in [-0.1, -0.05) is 24.8 Å². The van der Waals surface area contributed by atoms with Crippen LogP contribution in [-0.2, 0) is 15.1 Å². The van der Waals surface area contributed by atoms with E-state index in [0.29, 0.717) is 37.3 Å². The van der Waals surface area contributed by atoms with Crippen molar-refractivity contribution in [3.8, 4) is 5.75 Å². The van der Waals surface area contributed by atoms with Gasteiger partial charge in [-0.2, -0.15) is 0 Å². The van der Waals surface area contributed by atoms with E-state index >= 15 is 0 Å². The van der Waals surface area contributed by atoms with E-state index in [4.69, 9.17) is 4.74 Å². The summed E-state index contributed by atoms with van der Waals surface area (Å²) in [5.41, 5.74) is 0.261. The van der Waals surface area contributed by atoms with Crippen molar-refractivity contribution >= 4 is 17.5 Å². The van der Waals surface area contributed by atoms with Crippen molar-refractivity contribution in [3.05, 3.63) is 72.3 Å². The van der Waals surface area contributed by atoms with Gasteiger partial charge in [-0.05, 0) is 54.8 Å². The van der Waals surface area contributed by atoms with Gasteiger partial charge >= 0.3 is 6.36 Å². The van der Waals surface area contributed by atoms with E-state index in [-0.39, 0.29) is 11.3 Å². The SMILES string of the molecule is C=CC(=O)Nc1cccc(C(=O)NC2(c3cccc(OC(F)(F)F)c3)CCOCC2)c1. The summed E-state index contributed by atoms with van der Waals surface area (Å²) >= 11 is 0. The average Bonchev–Trinajstić information content (AvgIpc) is 2.73. The molecule has 2 amide bonds. The molecule has 2 aromatic carbocycles. The number of ether oxygens (including phenoxy) is 2. The molecule has 1 aliphatic rings. The second-order valence-electron chi connectivity index (χ2n) is 7.00. The number of hydrogen-bond acceptors (Lipinski definition) is 4. The zero-order chi connectivity index (χ0) is 22.5. The van der Waals surface area contributed by atoms with E-state index in [2.05, 4.69) is 21.9 Å². The second-order valence-corrected chi connectivity index (χ2v) is 7.00. The van der Waals surface area contributed by atoms with Gasteiger partial charge in [0.05, 0.1) is 5.54 Å². The first kappa shape index (κ1) is 22.4. The number of nitrogens with one attached hydrogen (secondary N) is 2. The van der Waals surface area contributed by atoms with E-state index < -0.39 is 23.7 Å². The molecule has 0 unspecified atom stereocenters. The van der Waals surface area contributed by atoms with E-state index in [1.54, 1.807) is 24.3 Å². The predicted molar refractivity (Wildman–Crippen MR) is 108 cm³/mol. The van der Waals surface area contributed by atoms with E-state index in [1.807, 2.05) is 0 Å². The number of anilines is 1. The van der Waals surface area contributed by atoms with Crippen molar-refractivity contribution in [1.29, 1.82) is 0 Å². The van der Waals surface area contributed by atoms with Crippen molar-refractivity contribution in [2.24, 2.45) is 0 Å². The molecule has 1 heterocycles. The summed E-state index contributed by atoms with van der Waals surface area (Å²) in [6.07, 6.45) is -2.96. The molecule has 0 bridgehead atoms. The van der Waals surface area contributed by atoms with E-state index in [0.717, 1.165) is 6.08 Å². The smallest absolute Gasteiger partial charge is 0.406 e. The summed E-state index contributed by atoms with van der Waals surface area (Å²) in [7, 11) is 0. The Morgan fingerprint density at radius 2 is 1.81 bits per heavy atom. The van der Waals surface area contributed by atoms with Crippen LogP contribution in [0.2, 0.25) is 0 Å². The predicted octanol–water partition coefficient (Wildman–Crippen LogP) is 4.15. The van der Waals surface area contributed by atoms with Gasteiger partial charge < -0.3 is 20.1 Å². The fourth-order valence-electron chi connectivity index (χ4n) is 3.42. The van der Waals surface area contributed by atoms with Crippen LogP contribution in [0, 0.1) is 0 Å². The lowest BCUT2D eigenvalue weighted by Gasteiger charge is -2.38. The Labute approximate surface area is 177 Å². The molecule has 1 saturated heterocycles. The quantitative estimate of drug-likeness (QED) is 0.670. The first-order chi connectivity index (χ1) is 14.7. The van der Waals surface area contributed by atoms with Crippen LogP contribution in [0.3, 0.4) is 0 Å². The first-order valence-electron chi connectivity index (χ1n) is 9.51. The Balaban J connectivity index is 1.87. The molecule has 3 rings (SSSR count). The normalized spacial score (nSPS) is 15.6. The third-order valence-corrected chi connectivity index (χ3v) is 4.90. The van der Waals surface area contributed by atoms with Crippen LogP contribution in [0.15, 0.2) is 61.2 Å². The van der Waals surface area contributed by atoms with Gasteiger partial charge in [0.2, 0.25) is 5.91 Å². The Morgan fingerprint density at radius 3 is 2.48 bits per heavy atom. The molecule has 0 radical (unpaired) electrons. The summed E-state index contributed by atoms with van der Waals surface area (Å²) in [4.78, 5) is 24.5. The van der Waals surface area contributed by atoms with Crippen molar-refractivity contribution in [2.75, 3.05) is 18.5 Å². The third kappa shape index (κ3) is 5.85. The number of halogens is 3. The summed E-state index contributed by atoms with van der Waals surface area (Å²) < 4.78 is 47.4. The molecule has 0 aliphatic carbocycles. The molecule has 2 aromatic rings. The topological polar surface area (TPSA) is 76.7 Å². The molecule has 6 nitrogen and oxygen atoms in total. The maximum absolute atomic E-state index is 13.0. The standard InChI is InChI=1S/C22H21F3N2O4/c1-2-19(28)26-17-7-3-5-15(13-17)20(29)27-21(9-11-30-12-10-21)16-6-4-8-18(14-16)31-22(23,24)25/h2-8,13-14H,1,9-12H2,(H,26,28)(H,27,29). The van der Waals surface area contributed by atoms with Crippen molar-refractivity contribution in [2.45, 2.75) is 24.7 Å².